The lowest BCUT2D eigenvalue weighted by atomic mass is 10.1. The van der Waals surface area contributed by atoms with E-state index in [0.29, 0.717) is 6.07 Å². The summed E-state index contributed by atoms with van der Waals surface area (Å²) in [5.74, 6) is -3.10. The quantitative estimate of drug-likeness (QED) is 0.886. The molecule has 4 nitrogen and oxygen atoms in total. The number of rotatable bonds is 2. The van der Waals surface area contributed by atoms with Gasteiger partial charge >= 0.3 is 0 Å². The molecule has 2 rings (SSSR count). The highest BCUT2D eigenvalue weighted by Crippen LogP contribution is 2.21. The summed E-state index contributed by atoms with van der Waals surface area (Å²) in [6, 6.07) is 2.77. The van der Waals surface area contributed by atoms with Gasteiger partial charge in [-0.1, -0.05) is 0 Å². The standard InChI is InChI=1S/C11H11F2NO3S/c12-8-1-2-10(9(13)5-8)14-11(15)7-3-4-18(16,17)6-7/h1-2,5,7H,3-4,6H2,(H,14,15)/t7-/m0/s1. The van der Waals surface area contributed by atoms with Crippen molar-refractivity contribution < 1.29 is 22.0 Å². The molecule has 1 aliphatic rings. The molecule has 1 saturated heterocycles. The van der Waals surface area contributed by atoms with E-state index in [1.54, 1.807) is 0 Å². The van der Waals surface area contributed by atoms with Gasteiger partial charge in [-0.2, -0.15) is 0 Å². The van der Waals surface area contributed by atoms with Crippen LogP contribution in [0, 0.1) is 17.6 Å². The monoisotopic (exact) mass is 275 g/mol. The van der Waals surface area contributed by atoms with Gasteiger partial charge in [-0.15, -0.1) is 0 Å². The first kappa shape index (κ1) is 12.9. The summed E-state index contributed by atoms with van der Waals surface area (Å²) >= 11 is 0. The van der Waals surface area contributed by atoms with Crippen LogP contribution in [0.4, 0.5) is 14.5 Å². The smallest absolute Gasteiger partial charge is 0.228 e. The zero-order valence-electron chi connectivity index (χ0n) is 9.32. The third kappa shape index (κ3) is 2.84. The summed E-state index contributed by atoms with van der Waals surface area (Å²) < 4.78 is 48.3. The van der Waals surface area contributed by atoms with Gasteiger partial charge in [-0.05, 0) is 18.6 Å². The second kappa shape index (κ2) is 4.64. The molecule has 1 fully saturated rings. The summed E-state index contributed by atoms with van der Waals surface area (Å²) in [5, 5.41) is 2.27. The summed E-state index contributed by atoms with van der Waals surface area (Å²) in [6.07, 6.45) is 0.233. The van der Waals surface area contributed by atoms with Crippen molar-refractivity contribution in [3.8, 4) is 0 Å². The minimum Gasteiger partial charge on any atom is -0.323 e. The molecule has 0 spiro atoms. The summed E-state index contributed by atoms with van der Waals surface area (Å²) in [6.45, 7) is 0. The highest BCUT2D eigenvalue weighted by atomic mass is 32.2. The maximum Gasteiger partial charge on any atom is 0.228 e. The number of sulfone groups is 1. The predicted octanol–water partition coefficient (Wildman–Crippen LogP) is 1.34. The number of hydrogen-bond acceptors (Lipinski definition) is 3. The summed E-state index contributed by atoms with van der Waals surface area (Å²) in [7, 11) is -3.16. The fourth-order valence-electron chi connectivity index (χ4n) is 1.83. The lowest BCUT2D eigenvalue weighted by Crippen LogP contribution is -2.24. The van der Waals surface area contributed by atoms with Gasteiger partial charge < -0.3 is 5.32 Å². The average molecular weight is 275 g/mol. The van der Waals surface area contributed by atoms with Crippen LogP contribution in [-0.4, -0.2) is 25.8 Å². The Balaban J connectivity index is 2.08. The Morgan fingerprint density at radius 2 is 2.06 bits per heavy atom. The first-order valence-corrected chi connectivity index (χ1v) is 7.16. The van der Waals surface area contributed by atoms with E-state index in [2.05, 4.69) is 5.32 Å². The number of benzene rings is 1. The number of halogens is 2. The van der Waals surface area contributed by atoms with Crippen molar-refractivity contribution in [3.63, 3.8) is 0 Å². The number of amides is 1. The Kier molecular flexibility index (Phi) is 3.34. The topological polar surface area (TPSA) is 63.2 Å². The van der Waals surface area contributed by atoms with Crippen LogP contribution in [0.15, 0.2) is 18.2 Å². The van der Waals surface area contributed by atoms with Crippen LogP contribution in [0.25, 0.3) is 0 Å². The molecule has 0 aromatic heterocycles. The van der Waals surface area contributed by atoms with E-state index >= 15 is 0 Å². The second-order valence-electron chi connectivity index (χ2n) is 4.21. The van der Waals surface area contributed by atoms with E-state index in [-0.39, 0.29) is 23.6 Å². The van der Waals surface area contributed by atoms with Crippen LogP contribution in [0.2, 0.25) is 0 Å². The molecule has 1 atom stereocenters. The number of hydrogen-bond donors (Lipinski definition) is 1. The molecule has 0 aliphatic carbocycles. The van der Waals surface area contributed by atoms with E-state index in [9.17, 15) is 22.0 Å². The van der Waals surface area contributed by atoms with E-state index in [1.165, 1.54) is 0 Å². The number of carbonyl (C=O) groups is 1. The van der Waals surface area contributed by atoms with Crippen molar-refractivity contribution in [1.82, 2.24) is 0 Å². The van der Waals surface area contributed by atoms with Crippen LogP contribution in [0.3, 0.4) is 0 Å². The zero-order chi connectivity index (χ0) is 13.3. The molecule has 1 heterocycles. The summed E-state index contributed by atoms with van der Waals surface area (Å²) in [4.78, 5) is 11.7. The molecule has 1 N–H and O–H groups in total. The molecule has 1 amide bonds. The predicted molar refractivity (Wildman–Crippen MR) is 61.7 cm³/mol. The molecule has 0 bridgehead atoms. The largest absolute Gasteiger partial charge is 0.323 e. The highest BCUT2D eigenvalue weighted by molar-refractivity contribution is 7.91. The lowest BCUT2D eigenvalue weighted by Gasteiger charge is -2.10. The van der Waals surface area contributed by atoms with Crippen LogP contribution >= 0.6 is 0 Å². The number of nitrogens with one attached hydrogen (secondary N) is 1. The van der Waals surface area contributed by atoms with Crippen LogP contribution < -0.4 is 5.32 Å². The average Bonchev–Trinajstić information content (AvgIpc) is 2.63. The van der Waals surface area contributed by atoms with Crippen molar-refractivity contribution in [1.29, 1.82) is 0 Å². The Hall–Kier alpha value is -1.50. The molecule has 1 aliphatic heterocycles. The van der Waals surface area contributed by atoms with Gasteiger partial charge in [0.05, 0.1) is 23.1 Å². The van der Waals surface area contributed by atoms with Crippen molar-refractivity contribution in [2.45, 2.75) is 6.42 Å². The molecule has 0 unspecified atom stereocenters. The Labute approximate surface area is 103 Å². The molecule has 1 aromatic rings. The van der Waals surface area contributed by atoms with Crippen LogP contribution in [0.5, 0.6) is 0 Å². The van der Waals surface area contributed by atoms with Gasteiger partial charge in [-0.3, -0.25) is 4.79 Å². The van der Waals surface area contributed by atoms with Crippen LogP contribution in [0.1, 0.15) is 6.42 Å². The van der Waals surface area contributed by atoms with Gasteiger partial charge in [0.25, 0.3) is 0 Å². The molecule has 18 heavy (non-hydrogen) atoms. The van der Waals surface area contributed by atoms with Crippen molar-refractivity contribution in [3.05, 3.63) is 29.8 Å². The van der Waals surface area contributed by atoms with E-state index in [1.807, 2.05) is 0 Å². The van der Waals surface area contributed by atoms with Gasteiger partial charge in [0, 0.05) is 6.07 Å². The van der Waals surface area contributed by atoms with Gasteiger partial charge in [0.1, 0.15) is 11.6 Å². The van der Waals surface area contributed by atoms with E-state index in [4.69, 9.17) is 0 Å². The minimum absolute atomic E-state index is 0.0308. The second-order valence-corrected chi connectivity index (χ2v) is 6.44. The van der Waals surface area contributed by atoms with Crippen LogP contribution in [-0.2, 0) is 14.6 Å². The highest BCUT2D eigenvalue weighted by Gasteiger charge is 2.33. The molecule has 7 heteroatoms. The van der Waals surface area contributed by atoms with Gasteiger partial charge in [0.2, 0.25) is 5.91 Å². The first-order valence-electron chi connectivity index (χ1n) is 5.34. The lowest BCUT2D eigenvalue weighted by molar-refractivity contribution is -0.119. The summed E-state index contributed by atoms with van der Waals surface area (Å²) in [5.41, 5.74) is -0.148. The Morgan fingerprint density at radius 3 is 2.61 bits per heavy atom. The molecular formula is C11H11F2NO3S. The molecule has 1 aromatic carbocycles. The fourth-order valence-corrected chi connectivity index (χ4v) is 3.57. The number of carbonyl (C=O) groups excluding carboxylic acids is 1. The first-order chi connectivity index (χ1) is 8.37. The van der Waals surface area contributed by atoms with Crippen molar-refractivity contribution in [2.75, 3.05) is 16.8 Å². The normalized spacial score (nSPS) is 21.8. The zero-order valence-corrected chi connectivity index (χ0v) is 10.1. The molecule has 0 saturated carbocycles. The molecular weight excluding hydrogens is 264 g/mol. The van der Waals surface area contributed by atoms with Crippen molar-refractivity contribution in [2.24, 2.45) is 5.92 Å². The number of anilines is 1. The minimum atomic E-state index is -3.16. The Morgan fingerprint density at radius 1 is 1.33 bits per heavy atom. The maximum atomic E-state index is 13.3. The maximum absolute atomic E-state index is 13.3. The van der Waals surface area contributed by atoms with E-state index < -0.39 is 33.3 Å². The SMILES string of the molecule is O=C(Nc1ccc(F)cc1F)[C@H]1CCS(=O)(=O)C1. The van der Waals surface area contributed by atoms with Gasteiger partial charge in [0.15, 0.2) is 9.84 Å². The fraction of sp³-hybridized carbons (Fsp3) is 0.364. The Bertz CT molecular complexity index is 586. The van der Waals surface area contributed by atoms with Crippen molar-refractivity contribution >= 4 is 21.4 Å². The molecule has 98 valence electrons. The third-order valence-corrected chi connectivity index (χ3v) is 4.56. The third-order valence-electron chi connectivity index (χ3n) is 2.79. The molecule has 0 radical (unpaired) electrons. The van der Waals surface area contributed by atoms with E-state index in [0.717, 1.165) is 12.1 Å². The van der Waals surface area contributed by atoms with Gasteiger partial charge in [-0.25, -0.2) is 17.2 Å².